The maximum absolute atomic E-state index is 13.9. The summed E-state index contributed by atoms with van der Waals surface area (Å²) in [4.78, 5) is 30.2. The van der Waals surface area contributed by atoms with Gasteiger partial charge in [0.05, 0.1) is 21.3 Å². The van der Waals surface area contributed by atoms with Gasteiger partial charge in [0.25, 0.3) is 5.91 Å². The molecule has 0 radical (unpaired) electrons. The van der Waals surface area contributed by atoms with E-state index in [0.29, 0.717) is 25.9 Å². The molecule has 2 aromatic rings. The highest BCUT2D eigenvalue weighted by Crippen LogP contribution is 2.51. The van der Waals surface area contributed by atoms with Gasteiger partial charge < -0.3 is 19.7 Å². The summed E-state index contributed by atoms with van der Waals surface area (Å²) < 4.78 is 52.8. The van der Waals surface area contributed by atoms with Gasteiger partial charge in [-0.25, -0.2) is 9.78 Å². The molecule has 2 amide bonds. The van der Waals surface area contributed by atoms with Gasteiger partial charge in [0, 0.05) is 36.5 Å². The number of rotatable bonds is 3. The van der Waals surface area contributed by atoms with Crippen molar-refractivity contribution < 1.29 is 32.2 Å². The summed E-state index contributed by atoms with van der Waals surface area (Å²) in [6.45, 7) is 7.82. The summed E-state index contributed by atoms with van der Waals surface area (Å²) in [6, 6.07) is 0. The standard InChI is InChI=1S/C22H26F3N3O4S/c1-11-14(22(23,24)25)16-15(13(8-33-16)17(29)26-5)27-18(11)31-12-6-21(7-12)9-28(10-21)19(30)32-20(2,3)4/h8,12H,6-7,9-10H2,1-5H3,(H,26,29). The highest BCUT2D eigenvalue weighted by molar-refractivity contribution is 7.17. The zero-order valence-corrected chi connectivity index (χ0v) is 19.9. The number of nitrogens with zero attached hydrogens (tertiary/aromatic N) is 2. The summed E-state index contributed by atoms with van der Waals surface area (Å²) in [5.74, 6) is -0.613. The first-order chi connectivity index (χ1) is 15.2. The lowest BCUT2D eigenvalue weighted by Gasteiger charge is -2.58. The molecule has 11 heteroatoms. The number of pyridine rings is 1. The van der Waals surface area contributed by atoms with Crippen LogP contribution >= 0.6 is 11.3 Å². The number of carbonyl (C=O) groups excluding carboxylic acids is 2. The van der Waals surface area contributed by atoms with Crippen LogP contribution in [-0.2, 0) is 10.9 Å². The average molecular weight is 486 g/mol. The number of aromatic nitrogens is 1. The van der Waals surface area contributed by atoms with Crippen molar-refractivity contribution in [1.29, 1.82) is 0 Å². The number of hydrogen-bond donors (Lipinski definition) is 1. The summed E-state index contributed by atoms with van der Waals surface area (Å²) in [5.41, 5.74) is -1.51. The van der Waals surface area contributed by atoms with E-state index in [1.807, 2.05) is 0 Å². The van der Waals surface area contributed by atoms with Crippen molar-refractivity contribution in [2.75, 3.05) is 20.1 Å². The number of halogens is 3. The molecule has 1 saturated carbocycles. The highest BCUT2D eigenvalue weighted by atomic mass is 32.1. The van der Waals surface area contributed by atoms with E-state index < -0.39 is 23.2 Å². The van der Waals surface area contributed by atoms with Gasteiger partial charge in [-0.05, 0) is 40.5 Å². The third-order valence-corrected chi connectivity index (χ3v) is 6.95. The van der Waals surface area contributed by atoms with Gasteiger partial charge in [-0.15, -0.1) is 11.3 Å². The van der Waals surface area contributed by atoms with Gasteiger partial charge in [0.15, 0.2) is 0 Å². The number of hydrogen-bond acceptors (Lipinski definition) is 6. The quantitative estimate of drug-likeness (QED) is 0.678. The first-order valence-corrected chi connectivity index (χ1v) is 11.5. The molecular formula is C22H26F3N3O4S. The number of ether oxygens (including phenoxy) is 2. The number of thiophene rings is 1. The van der Waals surface area contributed by atoms with Crippen LogP contribution < -0.4 is 10.1 Å². The monoisotopic (exact) mass is 485 g/mol. The van der Waals surface area contributed by atoms with Crippen LogP contribution in [0.5, 0.6) is 5.88 Å². The van der Waals surface area contributed by atoms with Crippen molar-refractivity contribution in [1.82, 2.24) is 15.2 Å². The van der Waals surface area contributed by atoms with Gasteiger partial charge in [0.2, 0.25) is 5.88 Å². The molecule has 1 aliphatic carbocycles. The maximum Gasteiger partial charge on any atom is 0.418 e. The Kier molecular flexibility index (Phi) is 5.54. The van der Waals surface area contributed by atoms with E-state index in [4.69, 9.17) is 9.47 Å². The van der Waals surface area contributed by atoms with Crippen LogP contribution in [0.15, 0.2) is 5.38 Å². The van der Waals surface area contributed by atoms with Gasteiger partial charge in [-0.2, -0.15) is 13.2 Å². The second kappa shape index (κ2) is 7.75. The molecule has 0 atom stereocenters. The molecule has 0 aromatic carbocycles. The molecule has 0 bridgehead atoms. The molecule has 3 heterocycles. The largest absolute Gasteiger partial charge is 0.474 e. The minimum atomic E-state index is -4.61. The number of fused-ring (bicyclic) bond motifs is 1. The van der Waals surface area contributed by atoms with Crippen molar-refractivity contribution in [2.45, 2.75) is 58.4 Å². The third-order valence-electron chi connectivity index (χ3n) is 5.96. The van der Waals surface area contributed by atoms with E-state index in [9.17, 15) is 22.8 Å². The number of alkyl halides is 3. The first kappa shape index (κ1) is 23.6. The molecule has 4 rings (SSSR count). The first-order valence-electron chi connectivity index (χ1n) is 10.6. The molecule has 1 N–H and O–H groups in total. The second-order valence-electron chi connectivity index (χ2n) is 9.81. The molecular weight excluding hydrogens is 459 g/mol. The third kappa shape index (κ3) is 4.34. The summed E-state index contributed by atoms with van der Waals surface area (Å²) in [6.07, 6.45) is -4.07. The van der Waals surface area contributed by atoms with E-state index in [1.165, 1.54) is 19.4 Å². The van der Waals surface area contributed by atoms with E-state index >= 15 is 0 Å². The summed E-state index contributed by atoms with van der Waals surface area (Å²) >= 11 is 0.844. The minimum absolute atomic E-state index is 0.0129. The van der Waals surface area contributed by atoms with E-state index in [-0.39, 0.29) is 44.8 Å². The van der Waals surface area contributed by atoms with Crippen LogP contribution in [0, 0.1) is 12.3 Å². The minimum Gasteiger partial charge on any atom is -0.474 e. The SMILES string of the molecule is CNC(=O)c1csc2c(C(F)(F)F)c(C)c(OC3CC4(C3)CN(C(=O)OC(C)(C)C)C4)nc12. The zero-order valence-electron chi connectivity index (χ0n) is 19.1. The van der Waals surface area contributed by atoms with Crippen LogP contribution in [-0.4, -0.2) is 53.7 Å². The summed E-state index contributed by atoms with van der Waals surface area (Å²) in [5, 5.41) is 3.81. The number of nitrogens with one attached hydrogen (secondary N) is 1. The lowest BCUT2D eigenvalue weighted by atomic mass is 9.62. The van der Waals surface area contributed by atoms with Gasteiger partial charge in [-0.1, -0.05) is 0 Å². The van der Waals surface area contributed by atoms with Crippen molar-refractivity contribution >= 4 is 33.6 Å². The Balaban J connectivity index is 1.51. The highest BCUT2D eigenvalue weighted by Gasteiger charge is 2.55. The van der Waals surface area contributed by atoms with Crippen LogP contribution in [0.4, 0.5) is 18.0 Å². The molecule has 2 aromatic heterocycles. The van der Waals surface area contributed by atoms with Crippen molar-refractivity contribution in [3.63, 3.8) is 0 Å². The Morgan fingerprint density at radius 2 is 1.88 bits per heavy atom. The second-order valence-corrected chi connectivity index (χ2v) is 10.7. The molecule has 180 valence electrons. The molecule has 2 aliphatic rings. The van der Waals surface area contributed by atoms with Gasteiger partial charge in [0.1, 0.15) is 11.7 Å². The smallest absolute Gasteiger partial charge is 0.418 e. The average Bonchev–Trinajstić information content (AvgIpc) is 3.02. The normalized spacial score (nSPS) is 18.1. The molecule has 0 unspecified atom stereocenters. The van der Waals surface area contributed by atoms with Crippen molar-refractivity contribution in [2.24, 2.45) is 5.41 Å². The number of amides is 2. The van der Waals surface area contributed by atoms with Crippen molar-refractivity contribution in [3.8, 4) is 5.88 Å². The fraction of sp³-hybridized carbons (Fsp3) is 0.591. The zero-order chi connectivity index (χ0) is 24.3. The van der Waals surface area contributed by atoms with Gasteiger partial charge >= 0.3 is 12.3 Å². The molecule has 2 fully saturated rings. The number of carbonyl (C=O) groups is 2. The maximum atomic E-state index is 13.9. The lowest BCUT2D eigenvalue weighted by Crippen LogP contribution is -2.66. The molecule has 33 heavy (non-hydrogen) atoms. The Morgan fingerprint density at radius 1 is 1.24 bits per heavy atom. The predicted octanol–water partition coefficient (Wildman–Crippen LogP) is 4.76. The van der Waals surface area contributed by atoms with Crippen LogP contribution in [0.1, 0.15) is 55.1 Å². The predicted molar refractivity (Wildman–Crippen MR) is 117 cm³/mol. The number of likely N-dealkylation sites (tertiary alicyclic amines) is 1. The van der Waals surface area contributed by atoms with E-state index in [1.54, 1.807) is 25.7 Å². The Hall–Kier alpha value is -2.56. The van der Waals surface area contributed by atoms with Crippen LogP contribution in [0.2, 0.25) is 0 Å². The van der Waals surface area contributed by atoms with Crippen LogP contribution in [0.3, 0.4) is 0 Å². The Morgan fingerprint density at radius 3 is 2.42 bits per heavy atom. The van der Waals surface area contributed by atoms with E-state index in [0.717, 1.165) is 11.3 Å². The fourth-order valence-electron chi connectivity index (χ4n) is 4.48. The molecule has 1 saturated heterocycles. The van der Waals surface area contributed by atoms with Crippen molar-refractivity contribution in [3.05, 3.63) is 22.1 Å². The molecule has 7 nitrogen and oxygen atoms in total. The fourth-order valence-corrected chi connectivity index (χ4v) is 5.59. The van der Waals surface area contributed by atoms with Crippen LogP contribution in [0.25, 0.3) is 10.2 Å². The Bertz CT molecular complexity index is 1110. The lowest BCUT2D eigenvalue weighted by molar-refractivity contribution is -0.137. The summed E-state index contributed by atoms with van der Waals surface area (Å²) in [7, 11) is 1.41. The Labute approximate surface area is 193 Å². The molecule has 1 spiro atoms. The molecule has 1 aliphatic heterocycles. The van der Waals surface area contributed by atoms with E-state index in [2.05, 4.69) is 10.3 Å². The topological polar surface area (TPSA) is 80.8 Å². The van der Waals surface area contributed by atoms with Gasteiger partial charge in [-0.3, -0.25) is 4.79 Å².